The Morgan fingerprint density at radius 1 is 1.09 bits per heavy atom. The third-order valence-corrected chi connectivity index (χ3v) is 6.95. The minimum Gasteiger partial charge on any atom is -0.490 e. The van der Waals surface area contributed by atoms with E-state index in [9.17, 15) is 17.6 Å². The average Bonchev–Trinajstić information content (AvgIpc) is 3.25. The minimum atomic E-state index is -3.91. The van der Waals surface area contributed by atoms with Gasteiger partial charge in [0.1, 0.15) is 22.1 Å². The van der Waals surface area contributed by atoms with Gasteiger partial charge in [0, 0.05) is 36.6 Å². The standard InChI is InChI=1S/C25H23FN2O4S/c1-17(2)32-23-15-20(26)7-11-24(23)33(30,31)21-8-3-18(4-9-21)5-10-22(29)19-6-12-25-27-13-14-28(25)16-19/h3-4,6-9,11-17H,5,10H2,1-2H3. The Bertz CT molecular complexity index is 1410. The molecule has 0 unspecified atom stereocenters. The van der Waals surface area contributed by atoms with Gasteiger partial charge in [-0.05, 0) is 62.2 Å². The van der Waals surface area contributed by atoms with Crippen molar-refractivity contribution >= 4 is 21.3 Å². The van der Waals surface area contributed by atoms with Gasteiger partial charge in [-0.3, -0.25) is 4.79 Å². The van der Waals surface area contributed by atoms with E-state index in [1.807, 2.05) is 0 Å². The number of carbonyl (C=O) groups is 1. The minimum absolute atomic E-state index is 0.0101. The molecule has 2 aromatic carbocycles. The number of nitrogens with zero attached hydrogens (tertiary/aromatic N) is 2. The molecular weight excluding hydrogens is 443 g/mol. The molecule has 33 heavy (non-hydrogen) atoms. The Morgan fingerprint density at radius 2 is 1.85 bits per heavy atom. The molecule has 0 bridgehead atoms. The number of hydrogen-bond donors (Lipinski definition) is 0. The summed E-state index contributed by atoms with van der Waals surface area (Å²) in [7, 11) is -3.91. The lowest BCUT2D eigenvalue weighted by Gasteiger charge is -2.15. The number of aryl methyl sites for hydroxylation is 1. The van der Waals surface area contributed by atoms with E-state index in [1.54, 1.807) is 61.1 Å². The predicted molar refractivity (Wildman–Crippen MR) is 122 cm³/mol. The molecule has 0 spiro atoms. The Hall–Kier alpha value is -3.52. The SMILES string of the molecule is CC(C)Oc1cc(F)ccc1S(=O)(=O)c1ccc(CCC(=O)c2ccc3nccn3c2)cc1. The van der Waals surface area contributed by atoms with E-state index in [1.165, 1.54) is 18.2 Å². The highest BCUT2D eigenvalue weighted by Crippen LogP contribution is 2.31. The summed E-state index contributed by atoms with van der Waals surface area (Å²) in [4.78, 5) is 16.7. The molecule has 0 saturated carbocycles. The molecule has 2 aromatic heterocycles. The van der Waals surface area contributed by atoms with Crippen molar-refractivity contribution in [1.82, 2.24) is 9.38 Å². The Balaban J connectivity index is 1.49. The summed E-state index contributed by atoms with van der Waals surface area (Å²) in [6.45, 7) is 3.48. The second kappa shape index (κ2) is 9.15. The first-order valence-corrected chi connectivity index (χ1v) is 12.0. The smallest absolute Gasteiger partial charge is 0.210 e. The summed E-state index contributed by atoms with van der Waals surface area (Å²) in [5, 5.41) is 0. The Labute approximate surface area is 191 Å². The molecule has 0 fully saturated rings. The highest BCUT2D eigenvalue weighted by molar-refractivity contribution is 7.91. The van der Waals surface area contributed by atoms with Crippen molar-refractivity contribution in [2.45, 2.75) is 42.6 Å². The van der Waals surface area contributed by atoms with E-state index in [2.05, 4.69) is 4.98 Å². The normalized spacial score (nSPS) is 11.8. The first-order chi connectivity index (χ1) is 15.7. The molecule has 6 nitrogen and oxygen atoms in total. The van der Waals surface area contributed by atoms with E-state index < -0.39 is 15.7 Å². The number of Topliss-reactive ketones (excluding diaryl/α,β-unsaturated/α-hetero) is 1. The van der Waals surface area contributed by atoms with E-state index in [4.69, 9.17) is 4.74 Å². The van der Waals surface area contributed by atoms with Crippen molar-refractivity contribution in [2.75, 3.05) is 0 Å². The van der Waals surface area contributed by atoms with E-state index in [0.717, 1.165) is 23.3 Å². The summed E-state index contributed by atoms with van der Waals surface area (Å²) in [6.07, 6.45) is 5.65. The molecule has 0 amide bonds. The molecule has 2 heterocycles. The van der Waals surface area contributed by atoms with E-state index in [-0.39, 0.29) is 33.8 Å². The molecule has 0 atom stereocenters. The topological polar surface area (TPSA) is 77.7 Å². The van der Waals surface area contributed by atoms with E-state index >= 15 is 0 Å². The molecule has 0 aliphatic rings. The summed E-state index contributed by atoms with van der Waals surface area (Å²) >= 11 is 0. The average molecular weight is 467 g/mol. The lowest BCUT2D eigenvalue weighted by Crippen LogP contribution is -2.11. The number of halogens is 1. The summed E-state index contributed by atoms with van der Waals surface area (Å²) < 4.78 is 47.2. The van der Waals surface area contributed by atoms with Crippen LogP contribution < -0.4 is 4.74 Å². The van der Waals surface area contributed by atoms with Gasteiger partial charge < -0.3 is 9.14 Å². The van der Waals surface area contributed by atoms with Crippen LogP contribution in [0.1, 0.15) is 36.2 Å². The van der Waals surface area contributed by atoms with Gasteiger partial charge in [-0.2, -0.15) is 0 Å². The van der Waals surface area contributed by atoms with Crippen molar-refractivity contribution in [2.24, 2.45) is 0 Å². The number of sulfone groups is 1. The number of ether oxygens (including phenoxy) is 1. The van der Waals surface area contributed by atoms with Crippen LogP contribution in [0.15, 0.2) is 83.0 Å². The maximum absolute atomic E-state index is 13.7. The number of hydrogen-bond acceptors (Lipinski definition) is 5. The van der Waals surface area contributed by atoms with Crippen molar-refractivity contribution < 1.29 is 22.3 Å². The zero-order chi connectivity index (χ0) is 23.6. The monoisotopic (exact) mass is 466 g/mol. The third-order valence-electron chi connectivity index (χ3n) is 5.14. The largest absolute Gasteiger partial charge is 0.490 e. The van der Waals surface area contributed by atoms with Crippen molar-refractivity contribution in [3.8, 4) is 5.75 Å². The molecule has 8 heteroatoms. The fourth-order valence-corrected chi connectivity index (χ4v) is 4.87. The third kappa shape index (κ3) is 4.96. The number of pyridine rings is 1. The van der Waals surface area contributed by atoms with Crippen LogP contribution in [0.5, 0.6) is 5.75 Å². The zero-order valence-corrected chi connectivity index (χ0v) is 19.0. The number of ketones is 1. The summed E-state index contributed by atoms with van der Waals surface area (Å²) in [5.41, 5.74) is 2.20. The van der Waals surface area contributed by atoms with Gasteiger partial charge in [0.15, 0.2) is 5.78 Å². The lowest BCUT2D eigenvalue weighted by molar-refractivity contribution is 0.0982. The van der Waals surface area contributed by atoms with Crippen molar-refractivity contribution in [3.05, 3.63) is 90.1 Å². The number of fused-ring (bicyclic) bond motifs is 1. The zero-order valence-electron chi connectivity index (χ0n) is 18.2. The van der Waals surface area contributed by atoms with Gasteiger partial charge in [-0.15, -0.1) is 0 Å². The number of rotatable bonds is 8. The van der Waals surface area contributed by atoms with Crippen LogP contribution in [0.25, 0.3) is 5.65 Å². The lowest BCUT2D eigenvalue weighted by atomic mass is 10.0. The van der Waals surface area contributed by atoms with Crippen molar-refractivity contribution in [1.29, 1.82) is 0 Å². The molecule has 170 valence electrons. The van der Waals surface area contributed by atoms with Crippen LogP contribution in [0.2, 0.25) is 0 Å². The molecule has 4 rings (SSSR count). The summed E-state index contributed by atoms with van der Waals surface area (Å²) in [5.74, 6) is -0.601. The molecule has 4 aromatic rings. The van der Waals surface area contributed by atoms with Crippen LogP contribution in [0.3, 0.4) is 0 Å². The molecule has 0 aliphatic heterocycles. The Morgan fingerprint density at radius 3 is 2.58 bits per heavy atom. The molecule has 0 aliphatic carbocycles. The first-order valence-electron chi connectivity index (χ1n) is 10.5. The second-order valence-electron chi connectivity index (χ2n) is 7.94. The molecule has 0 N–H and O–H groups in total. The summed E-state index contributed by atoms with van der Waals surface area (Å²) in [6, 6.07) is 13.3. The second-order valence-corrected chi connectivity index (χ2v) is 9.86. The Kier molecular flexibility index (Phi) is 6.29. The fraction of sp³-hybridized carbons (Fsp3) is 0.200. The quantitative estimate of drug-likeness (QED) is 0.272. The van der Waals surface area contributed by atoms with Crippen LogP contribution in [-0.4, -0.2) is 29.7 Å². The van der Waals surface area contributed by atoms with Crippen LogP contribution in [0.4, 0.5) is 4.39 Å². The number of aromatic nitrogens is 2. The van der Waals surface area contributed by atoms with Gasteiger partial charge in [0.05, 0.1) is 11.0 Å². The van der Waals surface area contributed by atoms with Gasteiger partial charge >= 0.3 is 0 Å². The highest BCUT2D eigenvalue weighted by atomic mass is 32.2. The van der Waals surface area contributed by atoms with Gasteiger partial charge in [-0.1, -0.05) is 12.1 Å². The predicted octanol–water partition coefficient (Wildman–Crippen LogP) is 4.91. The van der Waals surface area contributed by atoms with Crippen LogP contribution in [0, 0.1) is 5.82 Å². The first kappa shape index (κ1) is 22.7. The maximum Gasteiger partial charge on any atom is 0.210 e. The van der Waals surface area contributed by atoms with Gasteiger partial charge in [0.2, 0.25) is 9.84 Å². The molecule has 0 radical (unpaired) electrons. The number of imidazole rings is 1. The van der Waals surface area contributed by atoms with Crippen LogP contribution in [-0.2, 0) is 16.3 Å². The van der Waals surface area contributed by atoms with Crippen molar-refractivity contribution in [3.63, 3.8) is 0 Å². The van der Waals surface area contributed by atoms with Crippen LogP contribution >= 0.6 is 0 Å². The van der Waals surface area contributed by atoms with E-state index in [0.29, 0.717) is 12.0 Å². The van der Waals surface area contributed by atoms with Gasteiger partial charge in [-0.25, -0.2) is 17.8 Å². The molecular formula is C25H23FN2O4S. The fourth-order valence-electron chi connectivity index (χ4n) is 3.50. The number of carbonyl (C=O) groups excluding carboxylic acids is 1. The maximum atomic E-state index is 13.7. The van der Waals surface area contributed by atoms with Gasteiger partial charge in [0.25, 0.3) is 0 Å². The molecule has 0 saturated heterocycles. The highest BCUT2D eigenvalue weighted by Gasteiger charge is 2.23. The number of benzene rings is 2.